The Bertz CT molecular complexity index is 904. The molecule has 0 heterocycles. The van der Waals surface area contributed by atoms with E-state index in [1.165, 1.54) is 12.1 Å². The van der Waals surface area contributed by atoms with Gasteiger partial charge in [0.2, 0.25) is 15.9 Å². The maximum absolute atomic E-state index is 13.2. The van der Waals surface area contributed by atoms with Gasteiger partial charge in [0.15, 0.2) is 0 Å². The molecule has 2 rings (SSSR count). The normalized spacial score (nSPS) is 12.8. The van der Waals surface area contributed by atoms with Gasteiger partial charge in [-0.15, -0.1) is 0 Å². The highest BCUT2D eigenvalue weighted by Gasteiger charge is 2.27. The van der Waals surface area contributed by atoms with E-state index in [2.05, 4.69) is 21.2 Å². The number of halogens is 2. The van der Waals surface area contributed by atoms with Crippen molar-refractivity contribution in [2.24, 2.45) is 0 Å². The monoisotopic (exact) mass is 486 g/mol. The summed E-state index contributed by atoms with van der Waals surface area (Å²) in [4.78, 5) is 12.6. The molecule has 8 heteroatoms. The molecule has 1 amide bonds. The Morgan fingerprint density at radius 2 is 1.82 bits per heavy atom. The van der Waals surface area contributed by atoms with Crippen LogP contribution in [0.5, 0.6) is 0 Å². The molecule has 28 heavy (non-hydrogen) atoms. The van der Waals surface area contributed by atoms with Gasteiger partial charge in [0.25, 0.3) is 0 Å². The van der Waals surface area contributed by atoms with Crippen LogP contribution in [0.3, 0.4) is 0 Å². The van der Waals surface area contributed by atoms with E-state index in [1.807, 2.05) is 13.8 Å². The van der Waals surface area contributed by atoms with Gasteiger partial charge in [-0.25, -0.2) is 8.42 Å². The van der Waals surface area contributed by atoms with Gasteiger partial charge in [0.05, 0.1) is 11.4 Å². The molecular weight excluding hydrogens is 464 g/mol. The van der Waals surface area contributed by atoms with Gasteiger partial charge in [-0.2, -0.15) is 4.31 Å². The van der Waals surface area contributed by atoms with Crippen LogP contribution in [-0.2, 0) is 21.4 Å². The summed E-state index contributed by atoms with van der Waals surface area (Å²) in [5.41, 5.74) is 0.638. The average Bonchev–Trinajstić information content (AvgIpc) is 2.63. The first kappa shape index (κ1) is 22.9. The minimum atomic E-state index is -3.88. The van der Waals surface area contributed by atoms with Gasteiger partial charge in [-0.3, -0.25) is 4.79 Å². The summed E-state index contributed by atoms with van der Waals surface area (Å²) in [5, 5.41) is 3.32. The molecular formula is C20H24BrClN2O3S. The van der Waals surface area contributed by atoms with E-state index in [1.54, 1.807) is 36.4 Å². The third-order valence-corrected chi connectivity index (χ3v) is 6.91. The summed E-state index contributed by atoms with van der Waals surface area (Å²) < 4.78 is 28.3. The maximum atomic E-state index is 13.2. The molecule has 2 aromatic carbocycles. The van der Waals surface area contributed by atoms with Gasteiger partial charge in [0.1, 0.15) is 0 Å². The van der Waals surface area contributed by atoms with E-state index in [0.29, 0.717) is 10.6 Å². The minimum Gasteiger partial charge on any atom is -0.353 e. The van der Waals surface area contributed by atoms with Crippen LogP contribution in [0.15, 0.2) is 57.9 Å². The molecule has 0 aliphatic carbocycles. The molecule has 1 N–H and O–H groups in total. The van der Waals surface area contributed by atoms with Crippen LogP contribution in [0.25, 0.3) is 0 Å². The SMILES string of the molecule is CCC[C@@H](C)NC(=O)CN(Cc1ccccc1Cl)S(=O)(=O)c1ccc(Br)cc1. The zero-order chi connectivity index (χ0) is 20.7. The lowest BCUT2D eigenvalue weighted by Crippen LogP contribution is -2.43. The fourth-order valence-corrected chi connectivity index (χ4v) is 4.62. The Balaban J connectivity index is 2.31. The van der Waals surface area contributed by atoms with Crippen molar-refractivity contribution >= 4 is 43.5 Å². The van der Waals surface area contributed by atoms with Crippen LogP contribution in [0.2, 0.25) is 5.02 Å². The molecule has 0 unspecified atom stereocenters. The minimum absolute atomic E-state index is 0.00759. The lowest BCUT2D eigenvalue weighted by Gasteiger charge is -2.23. The molecule has 0 saturated heterocycles. The fourth-order valence-electron chi connectivity index (χ4n) is 2.78. The number of hydrogen-bond acceptors (Lipinski definition) is 3. The van der Waals surface area contributed by atoms with Crippen LogP contribution in [0.4, 0.5) is 0 Å². The van der Waals surface area contributed by atoms with Gasteiger partial charge in [-0.1, -0.05) is 59.1 Å². The molecule has 0 radical (unpaired) electrons. The summed E-state index contributed by atoms with van der Waals surface area (Å²) in [6, 6.07) is 13.3. The number of benzene rings is 2. The Morgan fingerprint density at radius 1 is 1.18 bits per heavy atom. The molecule has 0 fully saturated rings. The third-order valence-electron chi connectivity index (χ3n) is 4.20. The van der Waals surface area contributed by atoms with Crippen LogP contribution in [0, 0.1) is 0 Å². The number of carbonyl (C=O) groups is 1. The summed E-state index contributed by atoms with van der Waals surface area (Å²) >= 11 is 9.52. The first-order chi connectivity index (χ1) is 13.2. The van der Waals surface area contributed by atoms with Crippen LogP contribution >= 0.6 is 27.5 Å². The van der Waals surface area contributed by atoms with Crippen molar-refractivity contribution < 1.29 is 13.2 Å². The van der Waals surface area contributed by atoms with Crippen LogP contribution < -0.4 is 5.32 Å². The number of sulfonamides is 1. The lowest BCUT2D eigenvalue weighted by atomic mass is 10.2. The van der Waals surface area contributed by atoms with E-state index < -0.39 is 10.0 Å². The van der Waals surface area contributed by atoms with Gasteiger partial charge < -0.3 is 5.32 Å². The predicted octanol–water partition coefficient (Wildman–Crippen LogP) is 4.60. The number of amides is 1. The number of carbonyl (C=O) groups excluding carboxylic acids is 1. The first-order valence-corrected chi connectivity index (χ1v) is 11.6. The summed E-state index contributed by atoms with van der Waals surface area (Å²) in [5.74, 6) is -0.339. The second kappa shape index (κ2) is 10.4. The van der Waals surface area contributed by atoms with Gasteiger partial charge in [0, 0.05) is 22.1 Å². The largest absolute Gasteiger partial charge is 0.353 e. The summed E-state index contributed by atoms with van der Waals surface area (Å²) in [7, 11) is -3.88. The van der Waals surface area contributed by atoms with Crippen molar-refractivity contribution in [1.29, 1.82) is 0 Å². The number of hydrogen-bond donors (Lipinski definition) is 1. The van der Waals surface area contributed by atoms with Crippen LogP contribution in [0.1, 0.15) is 32.3 Å². The highest BCUT2D eigenvalue weighted by molar-refractivity contribution is 9.10. The van der Waals surface area contributed by atoms with Crippen molar-refractivity contribution in [2.45, 2.75) is 44.2 Å². The second-order valence-corrected chi connectivity index (χ2v) is 9.84. The van der Waals surface area contributed by atoms with E-state index in [9.17, 15) is 13.2 Å². The van der Waals surface area contributed by atoms with Crippen molar-refractivity contribution in [3.63, 3.8) is 0 Å². The van der Waals surface area contributed by atoms with E-state index >= 15 is 0 Å². The molecule has 0 aromatic heterocycles. The molecule has 5 nitrogen and oxygen atoms in total. The fraction of sp³-hybridized carbons (Fsp3) is 0.350. The Hall–Kier alpha value is -1.41. The van der Waals surface area contributed by atoms with Gasteiger partial charge >= 0.3 is 0 Å². The van der Waals surface area contributed by atoms with Crippen LogP contribution in [-0.4, -0.2) is 31.2 Å². The molecule has 1 atom stereocenters. The average molecular weight is 488 g/mol. The Labute approximate surface area is 180 Å². The Kier molecular flexibility index (Phi) is 8.49. The third kappa shape index (κ3) is 6.30. The number of nitrogens with zero attached hydrogens (tertiary/aromatic N) is 1. The molecule has 0 aliphatic rings. The van der Waals surface area contributed by atoms with Crippen molar-refractivity contribution in [3.8, 4) is 0 Å². The molecule has 0 aliphatic heterocycles. The van der Waals surface area contributed by atoms with E-state index in [0.717, 1.165) is 21.6 Å². The number of rotatable bonds is 9. The summed E-state index contributed by atoms with van der Waals surface area (Å²) in [6.07, 6.45) is 1.76. The molecule has 2 aromatic rings. The number of nitrogens with one attached hydrogen (secondary N) is 1. The van der Waals surface area contributed by atoms with Crippen molar-refractivity contribution in [1.82, 2.24) is 9.62 Å². The van der Waals surface area contributed by atoms with E-state index in [-0.39, 0.29) is 29.9 Å². The zero-order valence-electron chi connectivity index (χ0n) is 15.9. The molecule has 0 saturated carbocycles. The zero-order valence-corrected chi connectivity index (χ0v) is 19.0. The standard InChI is InChI=1S/C20H24BrClN2O3S/c1-3-6-15(2)23-20(25)14-24(13-16-7-4-5-8-19(16)22)28(26,27)18-11-9-17(21)10-12-18/h4-5,7-12,15H,3,6,13-14H2,1-2H3,(H,23,25)/t15-/m1/s1. The van der Waals surface area contributed by atoms with Crippen molar-refractivity contribution in [3.05, 3.63) is 63.6 Å². The lowest BCUT2D eigenvalue weighted by molar-refractivity contribution is -0.122. The smallest absolute Gasteiger partial charge is 0.243 e. The first-order valence-electron chi connectivity index (χ1n) is 9.02. The highest BCUT2D eigenvalue weighted by Crippen LogP contribution is 2.23. The second-order valence-electron chi connectivity index (χ2n) is 6.58. The highest BCUT2D eigenvalue weighted by atomic mass is 79.9. The maximum Gasteiger partial charge on any atom is 0.243 e. The quantitative estimate of drug-likeness (QED) is 0.562. The molecule has 0 bridgehead atoms. The van der Waals surface area contributed by atoms with Crippen molar-refractivity contribution in [2.75, 3.05) is 6.54 Å². The predicted molar refractivity (Wildman–Crippen MR) is 116 cm³/mol. The van der Waals surface area contributed by atoms with E-state index in [4.69, 9.17) is 11.6 Å². The van der Waals surface area contributed by atoms with Gasteiger partial charge in [-0.05, 0) is 49.2 Å². The Morgan fingerprint density at radius 3 is 2.43 bits per heavy atom. The summed E-state index contributed by atoms with van der Waals surface area (Å²) in [6.45, 7) is 3.67. The molecule has 0 spiro atoms. The molecule has 152 valence electrons. The topological polar surface area (TPSA) is 66.5 Å².